The summed E-state index contributed by atoms with van der Waals surface area (Å²) in [7, 11) is -4.81. The standard InChI is InChI=1S/C25H17N7O9S2/c33-22-17-4-2-1-3-16(17)18(23-26-24(34)28-25(35)27-23)12-20(22)32-31-19-10-7-14(11-21(19)43(37,38)39)30-29-13-5-8-15(9-6-13)42-41-40-36/h1-12,33,36H,(H,37,38,39)(H2,26,27,28,34,35). The molecule has 0 radical (unpaired) electrons. The largest absolute Gasteiger partial charge is 0.505 e. The summed E-state index contributed by atoms with van der Waals surface area (Å²) in [5.74, 6) is -0.448. The van der Waals surface area contributed by atoms with Gasteiger partial charge in [0, 0.05) is 15.8 Å². The first kappa shape index (κ1) is 29.4. The number of aromatic hydroxyl groups is 3. The zero-order valence-electron chi connectivity index (χ0n) is 21.2. The number of rotatable bonds is 9. The molecule has 0 bridgehead atoms. The van der Waals surface area contributed by atoms with Crippen molar-refractivity contribution in [2.75, 3.05) is 0 Å². The maximum Gasteiger partial charge on any atom is 0.320 e. The van der Waals surface area contributed by atoms with Crippen LogP contribution < -0.4 is 0 Å². The second-order valence-electron chi connectivity index (χ2n) is 8.34. The Balaban J connectivity index is 1.50. The predicted octanol–water partition coefficient (Wildman–Crippen LogP) is 6.31. The Kier molecular flexibility index (Phi) is 8.48. The first-order valence-electron chi connectivity index (χ1n) is 11.7. The summed E-state index contributed by atoms with van der Waals surface area (Å²) in [5.41, 5.74) is 0.275. The molecular weight excluding hydrogens is 606 g/mol. The van der Waals surface area contributed by atoms with Crippen LogP contribution in [0.5, 0.6) is 17.8 Å². The van der Waals surface area contributed by atoms with Crippen molar-refractivity contribution in [1.29, 1.82) is 0 Å². The second kappa shape index (κ2) is 12.4. The van der Waals surface area contributed by atoms with E-state index >= 15 is 0 Å². The highest BCUT2D eigenvalue weighted by atomic mass is 32.2. The van der Waals surface area contributed by atoms with Crippen LogP contribution in [0.2, 0.25) is 0 Å². The Morgan fingerprint density at radius 3 is 2.02 bits per heavy atom. The van der Waals surface area contributed by atoms with Crippen molar-refractivity contribution < 1.29 is 42.9 Å². The number of phenolic OH excluding ortho intramolecular Hbond substituents is 1. The minimum absolute atomic E-state index is 0.0623. The van der Waals surface area contributed by atoms with Crippen LogP contribution in [0.1, 0.15) is 0 Å². The Morgan fingerprint density at radius 2 is 1.35 bits per heavy atom. The summed E-state index contributed by atoms with van der Waals surface area (Å²) < 4.78 is 38.6. The van der Waals surface area contributed by atoms with Crippen LogP contribution in [0.4, 0.5) is 22.7 Å². The highest BCUT2D eigenvalue weighted by Gasteiger charge is 2.19. The molecule has 4 aromatic carbocycles. The van der Waals surface area contributed by atoms with Crippen LogP contribution in [0.25, 0.3) is 22.2 Å². The van der Waals surface area contributed by atoms with Crippen molar-refractivity contribution >= 4 is 55.7 Å². The van der Waals surface area contributed by atoms with Crippen molar-refractivity contribution in [1.82, 2.24) is 15.0 Å². The molecule has 1 heterocycles. The van der Waals surface area contributed by atoms with Crippen LogP contribution in [-0.2, 0) is 19.5 Å². The molecule has 5 rings (SSSR count). The molecule has 0 amide bonds. The van der Waals surface area contributed by atoms with Crippen LogP contribution in [0, 0.1) is 0 Å². The number of phenols is 1. The van der Waals surface area contributed by atoms with Gasteiger partial charge in [0.2, 0.25) is 0 Å². The number of aromatic nitrogens is 3. The van der Waals surface area contributed by atoms with Crippen LogP contribution >= 0.6 is 12.0 Å². The fourth-order valence-electron chi connectivity index (χ4n) is 3.78. The van der Waals surface area contributed by atoms with E-state index in [1.807, 2.05) is 0 Å². The molecule has 0 aliphatic heterocycles. The smallest absolute Gasteiger partial charge is 0.320 e. The molecule has 218 valence electrons. The van der Waals surface area contributed by atoms with E-state index in [2.05, 4.69) is 44.8 Å². The quantitative estimate of drug-likeness (QED) is 0.0397. The van der Waals surface area contributed by atoms with Gasteiger partial charge in [-0.25, -0.2) is 5.26 Å². The molecular formula is C25H17N7O9S2. The van der Waals surface area contributed by atoms with Crippen LogP contribution in [-0.4, -0.2) is 48.5 Å². The summed E-state index contributed by atoms with van der Waals surface area (Å²) in [6.07, 6.45) is 0. The van der Waals surface area contributed by atoms with E-state index in [1.54, 1.807) is 48.5 Å². The maximum absolute atomic E-state index is 12.2. The zero-order valence-corrected chi connectivity index (χ0v) is 22.9. The fraction of sp³-hybridized carbons (Fsp3) is 0. The number of benzene rings is 4. The van der Waals surface area contributed by atoms with E-state index in [1.165, 1.54) is 18.2 Å². The number of hydrogen-bond donors (Lipinski definition) is 5. The minimum Gasteiger partial charge on any atom is -0.505 e. The van der Waals surface area contributed by atoms with E-state index in [0.717, 1.165) is 18.1 Å². The third kappa shape index (κ3) is 6.86. The monoisotopic (exact) mass is 623 g/mol. The van der Waals surface area contributed by atoms with Gasteiger partial charge in [0.15, 0.2) is 11.6 Å². The Morgan fingerprint density at radius 1 is 0.721 bits per heavy atom. The molecule has 18 heteroatoms. The molecule has 0 spiro atoms. The molecule has 0 saturated heterocycles. The molecule has 0 atom stereocenters. The zero-order chi connectivity index (χ0) is 30.6. The number of azo groups is 2. The highest BCUT2D eigenvalue weighted by molar-refractivity contribution is 7.94. The van der Waals surface area contributed by atoms with Gasteiger partial charge in [0.25, 0.3) is 10.1 Å². The van der Waals surface area contributed by atoms with E-state index in [-0.39, 0.29) is 34.2 Å². The lowest BCUT2D eigenvalue weighted by atomic mass is 10.0. The summed E-state index contributed by atoms with van der Waals surface area (Å²) >= 11 is 0.752. The number of hydrogen-bond acceptors (Lipinski definition) is 16. The van der Waals surface area contributed by atoms with Crippen molar-refractivity contribution in [3.8, 4) is 29.2 Å². The lowest BCUT2D eigenvalue weighted by molar-refractivity contribution is -0.432. The average Bonchev–Trinajstić information content (AvgIpc) is 2.98. The maximum atomic E-state index is 12.2. The first-order chi connectivity index (χ1) is 20.6. The third-order valence-electron chi connectivity index (χ3n) is 5.61. The normalized spacial score (nSPS) is 12.0. The van der Waals surface area contributed by atoms with E-state index in [0.29, 0.717) is 21.4 Å². The lowest BCUT2D eigenvalue weighted by Crippen LogP contribution is -1.98. The van der Waals surface area contributed by atoms with Gasteiger partial charge >= 0.3 is 12.0 Å². The molecule has 0 fully saturated rings. The molecule has 0 saturated carbocycles. The number of nitrogens with zero attached hydrogens (tertiary/aromatic N) is 7. The van der Waals surface area contributed by atoms with E-state index in [9.17, 15) is 28.3 Å². The van der Waals surface area contributed by atoms with Crippen LogP contribution in [0.3, 0.4) is 0 Å². The van der Waals surface area contributed by atoms with Gasteiger partial charge in [0.05, 0.1) is 23.4 Å². The Labute approximate surface area is 245 Å². The number of fused-ring (bicyclic) bond motifs is 1. The molecule has 0 aliphatic carbocycles. The summed E-state index contributed by atoms with van der Waals surface area (Å²) in [5, 5.41) is 58.8. The van der Waals surface area contributed by atoms with Gasteiger partial charge < -0.3 is 15.3 Å². The average molecular weight is 624 g/mol. The molecule has 1 aromatic heterocycles. The first-order valence-corrected chi connectivity index (χ1v) is 13.9. The van der Waals surface area contributed by atoms with Crippen molar-refractivity contribution in [2.45, 2.75) is 9.79 Å². The van der Waals surface area contributed by atoms with Gasteiger partial charge in [-0.05, 0) is 53.9 Å². The Hall–Kier alpha value is -5.11. The van der Waals surface area contributed by atoms with Gasteiger partial charge in [-0.15, -0.1) is 19.5 Å². The summed E-state index contributed by atoms with van der Waals surface area (Å²) in [6, 6.07) is 16.4. The highest BCUT2D eigenvalue weighted by Crippen LogP contribution is 2.42. The Bertz CT molecular complexity index is 1970. The topological polar surface area (TPSA) is 242 Å². The van der Waals surface area contributed by atoms with Gasteiger partial charge in [-0.2, -0.15) is 28.6 Å². The molecule has 16 nitrogen and oxygen atoms in total. The summed E-state index contributed by atoms with van der Waals surface area (Å²) in [6.45, 7) is 0. The predicted molar refractivity (Wildman–Crippen MR) is 149 cm³/mol. The van der Waals surface area contributed by atoms with Crippen LogP contribution in [0.15, 0.2) is 103 Å². The second-order valence-corrected chi connectivity index (χ2v) is 10.5. The fourth-order valence-corrected chi connectivity index (χ4v) is 4.78. The molecule has 43 heavy (non-hydrogen) atoms. The SMILES string of the molecule is O=S(=O)(O)c1cc(N=Nc2ccc(SOOO)cc2)ccc1N=Nc1cc(-c2nc(O)nc(O)n2)c2ccccc2c1O. The van der Waals surface area contributed by atoms with E-state index in [4.69, 9.17) is 5.26 Å². The van der Waals surface area contributed by atoms with Crippen molar-refractivity contribution in [2.24, 2.45) is 20.5 Å². The van der Waals surface area contributed by atoms with Crippen molar-refractivity contribution in [3.63, 3.8) is 0 Å². The molecule has 0 unspecified atom stereocenters. The van der Waals surface area contributed by atoms with Gasteiger partial charge in [-0.3, -0.25) is 4.55 Å². The molecule has 5 N–H and O–H groups in total. The van der Waals surface area contributed by atoms with Gasteiger partial charge in [-0.1, -0.05) is 29.3 Å². The lowest BCUT2D eigenvalue weighted by Gasteiger charge is -2.10. The third-order valence-corrected chi connectivity index (χ3v) is 7.09. The van der Waals surface area contributed by atoms with E-state index < -0.39 is 27.0 Å². The minimum atomic E-state index is -4.81. The summed E-state index contributed by atoms with van der Waals surface area (Å²) in [4.78, 5) is 10.9. The molecule has 5 aromatic rings. The molecule has 0 aliphatic rings. The van der Waals surface area contributed by atoms with Gasteiger partial charge in [0.1, 0.15) is 16.3 Å². The van der Waals surface area contributed by atoms with Crippen molar-refractivity contribution in [3.05, 3.63) is 72.8 Å².